The Hall–Kier alpha value is -3.26. The monoisotopic (exact) mass is 586 g/mol. The largest absolute Gasteiger partial charge is 0.481 e. The molecule has 0 saturated heterocycles. The number of esters is 1. The molecule has 0 heterocycles. The predicted molar refractivity (Wildman–Crippen MR) is 153 cm³/mol. The van der Waals surface area contributed by atoms with Gasteiger partial charge >= 0.3 is 11.9 Å². The van der Waals surface area contributed by atoms with E-state index in [1.807, 2.05) is 0 Å². The molecule has 0 aliphatic rings. The van der Waals surface area contributed by atoms with E-state index in [4.69, 9.17) is 10.8 Å². The molecule has 0 aliphatic carbocycles. The Kier molecular flexibility index (Phi) is 22.6. The van der Waals surface area contributed by atoms with Gasteiger partial charge in [-0.1, -0.05) is 45.4 Å². The number of amides is 4. The fourth-order valence-electron chi connectivity index (χ4n) is 3.75. The summed E-state index contributed by atoms with van der Waals surface area (Å²) in [6.45, 7) is 2.90. The van der Waals surface area contributed by atoms with Gasteiger partial charge in [0.1, 0.15) is 6.04 Å². The molecular formula is C27H50N6O8. The van der Waals surface area contributed by atoms with Crippen LogP contribution in [0.1, 0.15) is 84.0 Å². The van der Waals surface area contributed by atoms with Crippen LogP contribution in [0, 0.1) is 0 Å². The molecule has 14 nitrogen and oxygen atoms in total. The molecule has 0 aromatic heterocycles. The number of hydrogen-bond acceptors (Lipinski definition) is 9. The van der Waals surface area contributed by atoms with E-state index in [0.717, 1.165) is 26.4 Å². The Labute approximate surface area is 242 Å². The maximum absolute atomic E-state index is 12.1. The van der Waals surface area contributed by atoms with E-state index in [9.17, 15) is 28.8 Å². The van der Waals surface area contributed by atoms with Crippen molar-refractivity contribution in [3.63, 3.8) is 0 Å². The lowest BCUT2D eigenvalue weighted by molar-refractivity contribution is -0.145. The average molecular weight is 587 g/mol. The van der Waals surface area contributed by atoms with E-state index < -0.39 is 41.7 Å². The number of carboxylic acids is 1. The first-order chi connectivity index (χ1) is 19.6. The minimum absolute atomic E-state index is 0.00411. The molecule has 0 aromatic rings. The maximum Gasteiger partial charge on any atom is 0.328 e. The first-order valence-electron chi connectivity index (χ1n) is 14.5. The number of carbonyl (C=O) groups is 6. The van der Waals surface area contributed by atoms with Gasteiger partial charge in [0.2, 0.25) is 23.6 Å². The van der Waals surface area contributed by atoms with Gasteiger partial charge in [-0.25, -0.2) is 4.79 Å². The fourth-order valence-corrected chi connectivity index (χ4v) is 3.75. The van der Waals surface area contributed by atoms with Crippen molar-refractivity contribution in [1.29, 1.82) is 0 Å². The molecule has 41 heavy (non-hydrogen) atoms. The Bertz CT molecular complexity index is 811. The molecular weight excluding hydrogens is 536 g/mol. The number of methoxy groups -OCH3 is 1. The van der Waals surface area contributed by atoms with Gasteiger partial charge in [0.15, 0.2) is 0 Å². The standard InChI is InChI=1S/C27H50N6O8/c1-3-4-5-6-7-8-9-11-22(34)31-17-16-29-18-20(28)26(39)32-19-24(36)30-15-14-21(27(40)41-2)33-23(35)12-10-13-25(37)38/h20-21,29H,3-19,28H2,1-2H3,(H,30,36)(H,31,34)(H,32,39)(H,33,35)(H,37,38)/t20-,21+/m0/s1. The van der Waals surface area contributed by atoms with Gasteiger partial charge in [0.25, 0.3) is 0 Å². The first kappa shape index (κ1) is 37.7. The van der Waals surface area contributed by atoms with Gasteiger partial charge < -0.3 is 42.2 Å². The highest BCUT2D eigenvalue weighted by Gasteiger charge is 2.21. The second-order valence-electron chi connectivity index (χ2n) is 9.78. The van der Waals surface area contributed by atoms with Crippen LogP contribution < -0.4 is 32.3 Å². The van der Waals surface area contributed by atoms with Crippen LogP contribution in [0.2, 0.25) is 0 Å². The third kappa shape index (κ3) is 22.2. The molecule has 0 aliphatic heterocycles. The summed E-state index contributed by atoms with van der Waals surface area (Å²) in [5, 5.41) is 21.9. The Morgan fingerprint density at radius 2 is 1.39 bits per heavy atom. The van der Waals surface area contributed by atoms with Gasteiger partial charge in [0, 0.05) is 45.4 Å². The molecule has 0 saturated carbocycles. The minimum atomic E-state index is -1.02. The second kappa shape index (κ2) is 24.5. The number of hydrogen-bond donors (Lipinski definition) is 7. The van der Waals surface area contributed by atoms with E-state index in [2.05, 4.69) is 38.2 Å². The van der Waals surface area contributed by atoms with Crippen LogP contribution in [0.5, 0.6) is 0 Å². The maximum atomic E-state index is 12.1. The van der Waals surface area contributed by atoms with Crippen molar-refractivity contribution in [3.8, 4) is 0 Å². The van der Waals surface area contributed by atoms with Crippen LogP contribution in [0.25, 0.3) is 0 Å². The molecule has 0 fully saturated rings. The number of nitrogens with two attached hydrogens (primary N) is 1. The molecule has 236 valence electrons. The van der Waals surface area contributed by atoms with Gasteiger partial charge in [0.05, 0.1) is 19.7 Å². The summed E-state index contributed by atoms with van der Waals surface area (Å²) in [5.41, 5.74) is 5.84. The van der Waals surface area contributed by atoms with Gasteiger partial charge in [-0.2, -0.15) is 0 Å². The van der Waals surface area contributed by atoms with Crippen LogP contribution in [-0.2, 0) is 33.5 Å². The summed E-state index contributed by atoms with van der Waals surface area (Å²) in [6.07, 6.45) is 8.47. The molecule has 8 N–H and O–H groups in total. The number of carbonyl (C=O) groups excluding carboxylic acids is 5. The number of carboxylic acid groups (broad SMARTS) is 1. The Morgan fingerprint density at radius 3 is 2.05 bits per heavy atom. The zero-order valence-electron chi connectivity index (χ0n) is 24.6. The summed E-state index contributed by atoms with van der Waals surface area (Å²) in [4.78, 5) is 70.5. The van der Waals surface area contributed by atoms with Crippen molar-refractivity contribution in [2.45, 2.75) is 96.1 Å². The summed E-state index contributed by atoms with van der Waals surface area (Å²) in [7, 11) is 1.16. The lowest BCUT2D eigenvalue weighted by atomic mass is 10.1. The zero-order chi connectivity index (χ0) is 30.9. The molecule has 0 bridgehead atoms. The summed E-state index contributed by atoms with van der Waals surface area (Å²) in [6, 6.07) is -1.91. The third-order valence-corrected chi connectivity index (χ3v) is 6.13. The highest BCUT2D eigenvalue weighted by atomic mass is 16.5. The molecule has 4 amide bonds. The SMILES string of the molecule is CCCCCCCCCC(=O)NCCNC[C@H](N)C(=O)NCC(=O)NCC[C@@H](NC(=O)CCCC(=O)O)C(=O)OC. The summed E-state index contributed by atoms with van der Waals surface area (Å²) < 4.78 is 4.65. The van der Waals surface area contributed by atoms with Crippen LogP contribution in [0.15, 0.2) is 0 Å². The van der Waals surface area contributed by atoms with Crippen molar-refractivity contribution in [2.75, 3.05) is 39.8 Å². The molecule has 0 radical (unpaired) electrons. The van der Waals surface area contributed by atoms with Crippen LogP contribution in [0.4, 0.5) is 0 Å². The van der Waals surface area contributed by atoms with E-state index in [1.54, 1.807) is 0 Å². The molecule has 0 spiro atoms. The molecule has 0 aromatic carbocycles. The zero-order valence-corrected chi connectivity index (χ0v) is 24.6. The molecule has 0 rings (SSSR count). The first-order valence-corrected chi connectivity index (χ1v) is 14.5. The average Bonchev–Trinajstić information content (AvgIpc) is 2.93. The highest BCUT2D eigenvalue weighted by Crippen LogP contribution is 2.08. The summed E-state index contributed by atoms with van der Waals surface area (Å²) in [5.74, 6) is -3.28. The van der Waals surface area contributed by atoms with Crippen molar-refractivity contribution in [3.05, 3.63) is 0 Å². The number of aliphatic carboxylic acids is 1. The molecule has 2 atom stereocenters. The molecule has 0 unspecified atom stereocenters. The lowest BCUT2D eigenvalue weighted by Crippen LogP contribution is -2.50. The van der Waals surface area contributed by atoms with Crippen molar-refractivity contribution in [2.24, 2.45) is 5.73 Å². The lowest BCUT2D eigenvalue weighted by Gasteiger charge is -2.17. The number of unbranched alkanes of at least 4 members (excludes halogenated alkanes) is 6. The number of rotatable bonds is 25. The van der Waals surface area contributed by atoms with Gasteiger partial charge in [-0.3, -0.25) is 24.0 Å². The molecule has 14 heteroatoms. The smallest absolute Gasteiger partial charge is 0.328 e. The van der Waals surface area contributed by atoms with Crippen LogP contribution >= 0.6 is 0 Å². The highest BCUT2D eigenvalue weighted by molar-refractivity contribution is 5.87. The van der Waals surface area contributed by atoms with Crippen molar-refractivity contribution in [1.82, 2.24) is 26.6 Å². The minimum Gasteiger partial charge on any atom is -0.481 e. The normalized spacial score (nSPS) is 12.1. The van der Waals surface area contributed by atoms with Crippen molar-refractivity contribution >= 4 is 35.6 Å². The topological polar surface area (TPSA) is 218 Å². The number of nitrogens with one attached hydrogen (secondary N) is 5. The van der Waals surface area contributed by atoms with Gasteiger partial charge in [-0.05, 0) is 19.3 Å². The van der Waals surface area contributed by atoms with Gasteiger partial charge in [-0.15, -0.1) is 0 Å². The fraction of sp³-hybridized carbons (Fsp3) is 0.778. The number of ether oxygens (including phenoxy) is 1. The van der Waals surface area contributed by atoms with Crippen LogP contribution in [0.3, 0.4) is 0 Å². The predicted octanol–water partition coefficient (Wildman–Crippen LogP) is -0.305. The van der Waals surface area contributed by atoms with Crippen LogP contribution in [-0.4, -0.2) is 92.6 Å². The van der Waals surface area contributed by atoms with E-state index in [1.165, 1.54) is 25.7 Å². The van der Waals surface area contributed by atoms with E-state index in [0.29, 0.717) is 19.5 Å². The summed E-state index contributed by atoms with van der Waals surface area (Å²) >= 11 is 0. The third-order valence-electron chi connectivity index (χ3n) is 6.13. The Morgan fingerprint density at radius 1 is 0.756 bits per heavy atom. The second-order valence-corrected chi connectivity index (χ2v) is 9.78. The van der Waals surface area contributed by atoms with E-state index >= 15 is 0 Å². The quantitative estimate of drug-likeness (QED) is 0.0547. The Balaban J connectivity index is 4.03. The van der Waals surface area contributed by atoms with Crippen molar-refractivity contribution < 1.29 is 38.6 Å². The van der Waals surface area contributed by atoms with E-state index in [-0.39, 0.29) is 51.2 Å².